The second kappa shape index (κ2) is 9.02. The summed E-state index contributed by atoms with van der Waals surface area (Å²) in [4.78, 5) is 55.2. The standard InChI is InChI=1S/C28H22N2O5/c1-35-28(34)23(19-12-6-3-7-13-19)29-22(17-16-18-10-4-2-5-11-18)24(27(29)33)30-25(31)20-14-8-9-15-21(20)26(30)32/h2-17,22-24H,1H3/t22-,23?,24-/m1/s1. The van der Waals surface area contributed by atoms with Gasteiger partial charge in [0.05, 0.1) is 24.3 Å². The number of amides is 3. The van der Waals surface area contributed by atoms with Gasteiger partial charge in [0.15, 0.2) is 6.04 Å². The molecule has 0 N–H and O–H groups in total. The first-order chi connectivity index (χ1) is 17.0. The van der Waals surface area contributed by atoms with E-state index in [1.54, 1.807) is 54.6 Å². The summed E-state index contributed by atoms with van der Waals surface area (Å²) < 4.78 is 5.03. The maximum atomic E-state index is 13.6. The zero-order valence-corrected chi connectivity index (χ0v) is 18.9. The van der Waals surface area contributed by atoms with Crippen LogP contribution < -0.4 is 0 Å². The molecule has 1 saturated heterocycles. The van der Waals surface area contributed by atoms with Gasteiger partial charge in [0, 0.05) is 0 Å². The first-order valence-corrected chi connectivity index (χ1v) is 11.2. The van der Waals surface area contributed by atoms with Crippen LogP contribution in [-0.2, 0) is 14.3 Å². The Labute approximate surface area is 202 Å². The van der Waals surface area contributed by atoms with Gasteiger partial charge in [0.25, 0.3) is 11.8 Å². The van der Waals surface area contributed by atoms with Crippen LogP contribution in [0.3, 0.4) is 0 Å². The van der Waals surface area contributed by atoms with Crippen LogP contribution in [0.25, 0.3) is 6.08 Å². The van der Waals surface area contributed by atoms with Crippen LogP contribution in [0.15, 0.2) is 91.0 Å². The number of hydrogen-bond acceptors (Lipinski definition) is 5. The number of rotatable bonds is 6. The van der Waals surface area contributed by atoms with Gasteiger partial charge in [-0.1, -0.05) is 84.9 Å². The number of imide groups is 1. The topological polar surface area (TPSA) is 84.0 Å². The fourth-order valence-electron chi connectivity index (χ4n) is 4.67. The highest BCUT2D eigenvalue weighted by atomic mass is 16.5. The first kappa shape index (κ1) is 22.3. The molecular formula is C28H22N2O5. The van der Waals surface area contributed by atoms with Gasteiger partial charge in [0.1, 0.15) is 6.04 Å². The zero-order valence-electron chi connectivity index (χ0n) is 18.9. The number of carbonyl (C=O) groups excluding carboxylic acids is 4. The number of β-lactam (4-membered cyclic amide) rings is 1. The molecule has 35 heavy (non-hydrogen) atoms. The quantitative estimate of drug-likeness (QED) is 0.316. The minimum Gasteiger partial charge on any atom is -0.467 e. The maximum Gasteiger partial charge on any atom is 0.333 e. The van der Waals surface area contributed by atoms with Crippen molar-refractivity contribution in [1.29, 1.82) is 0 Å². The molecular weight excluding hydrogens is 444 g/mol. The van der Waals surface area contributed by atoms with Crippen molar-refractivity contribution in [3.05, 3.63) is 113 Å². The van der Waals surface area contributed by atoms with E-state index >= 15 is 0 Å². The molecule has 5 rings (SSSR count). The van der Waals surface area contributed by atoms with E-state index < -0.39 is 41.8 Å². The van der Waals surface area contributed by atoms with Gasteiger partial charge < -0.3 is 9.64 Å². The summed E-state index contributed by atoms with van der Waals surface area (Å²) in [5.41, 5.74) is 1.98. The molecule has 3 atom stereocenters. The molecule has 2 aliphatic rings. The Morgan fingerprint density at radius 1 is 0.829 bits per heavy atom. The smallest absolute Gasteiger partial charge is 0.333 e. The molecule has 7 nitrogen and oxygen atoms in total. The highest BCUT2D eigenvalue weighted by molar-refractivity contribution is 6.23. The molecule has 1 unspecified atom stereocenters. The summed E-state index contributed by atoms with van der Waals surface area (Å²) in [6.45, 7) is 0. The van der Waals surface area contributed by atoms with E-state index in [4.69, 9.17) is 4.74 Å². The Kier molecular flexibility index (Phi) is 5.74. The van der Waals surface area contributed by atoms with E-state index in [1.807, 2.05) is 42.5 Å². The van der Waals surface area contributed by atoms with E-state index in [0.29, 0.717) is 5.56 Å². The monoisotopic (exact) mass is 466 g/mol. The van der Waals surface area contributed by atoms with Crippen molar-refractivity contribution >= 4 is 29.8 Å². The molecule has 174 valence electrons. The third-order valence-corrected chi connectivity index (χ3v) is 6.36. The normalized spacial score (nSPS) is 20.1. The number of carbonyl (C=O) groups is 4. The third kappa shape index (κ3) is 3.71. The van der Waals surface area contributed by atoms with Crippen molar-refractivity contribution in [3.8, 4) is 0 Å². The molecule has 3 aromatic rings. The van der Waals surface area contributed by atoms with Gasteiger partial charge in [-0.3, -0.25) is 19.3 Å². The predicted octanol–water partition coefficient (Wildman–Crippen LogP) is 3.49. The largest absolute Gasteiger partial charge is 0.467 e. The molecule has 0 saturated carbocycles. The molecule has 0 aliphatic carbocycles. The van der Waals surface area contributed by atoms with Crippen LogP contribution in [0.2, 0.25) is 0 Å². The third-order valence-electron chi connectivity index (χ3n) is 6.36. The van der Waals surface area contributed by atoms with Crippen LogP contribution in [0, 0.1) is 0 Å². The predicted molar refractivity (Wildman–Crippen MR) is 128 cm³/mol. The highest BCUT2D eigenvalue weighted by Crippen LogP contribution is 2.39. The molecule has 1 fully saturated rings. The minimum absolute atomic E-state index is 0.266. The molecule has 2 heterocycles. The SMILES string of the molecule is COC(=O)C(c1ccccc1)N1C(=O)[C@H](N2C(=O)c3ccccc3C2=O)[C@H]1C=Cc1ccccc1. The number of benzene rings is 3. The number of likely N-dealkylation sites (tertiary alicyclic amines) is 1. The number of fused-ring (bicyclic) bond motifs is 1. The fourth-order valence-corrected chi connectivity index (χ4v) is 4.67. The molecule has 0 bridgehead atoms. The van der Waals surface area contributed by atoms with Crippen molar-refractivity contribution < 1.29 is 23.9 Å². The first-order valence-electron chi connectivity index (χ1n) is 11.2. The van der Waals surface area contributed by atoms with E-state index in [-0.39, 0.29) is 11.1 Å². The Balaban J connectivity index is 1.56. The molecule has 3 amide bonds. The molecule has 0 spiro atoms. The lowest BCUT2D eigenvalue weighted by molar-refractivity contribution is -0.168. The Morgan fingerprint density at radius 3 is 1.94 bits per heavy atom. The minimum atomic E-state index is -1.07. The van der Waals surface area contributed by atoms with Gasteiger partial charge in [-0.2, -0.15) is 0 Å². The van der Waals surface area contributed by atoms with Crippen LogP contribution in [0.4, 0.5) is 0 Å². The number of hydrogen-bond donors (Lipinski definition) is 0. The Hall–Kier alpha value is -4.52. The van der Waals surface area contributed by atoms with Gasteiger partial charge in [-0.15, -0.1) is 0 Å². The Morgan fingerprint density at radius 2 is 1.37 bits per heavy atom. The van der Waals surface area contributed by atoms with E-state index in [9.17, 15) is 19.2 Å². The molecule has 0 radical (unpaired) electrons. The van der Waals surface area contributed by atoms with Gasteiger partial charge >= 0.3 is 5.97 Å². The lowest BCUT2D eigenvalue weighted by atomic mass is 9.87. The number of nitrogens with zero attached hydrogens (tertiary/aromatic N) is 2. The highest BCUT2D eigenvalue weighted by Gasteiger charge is 2.58. The number of methoxy groups -OCH3 is 1. The van der Waals surface area contributed by atoms with Crippen molar-refractivity contribution in [2.75, 3.05) is 7.11 Å². The molecule has 7 heteroatoms. The van der Waals surface area contributed by atoms with Crippen LogP contribution in [-0.4, -0.2) is 52.7 Å². The van der Waals surface area contributed by atoms with Crippen molar-refractivity contribution in [2.45, 2.75) is 18.1 Å². The zero-order chi connectivity index (χ0) is 24.5. The van der Waals surface area contributed by atoms with Gasteiger partial charge in [0.2, 0.25) is 5.91 Å². The van der Waals surface area contributed by atoms with E-state index in [2.05, 4.69) is 0 Å². The summed E-state index contributed by atoms with van der Waals surface area (Å²) in [5, 5.41) is 0. The molecule has 0 aromatic heterocycles. The average Bonchev–Trinajstić information content (AvgIpc) is 3.15. The van der Waals surface area contributed by atoms with Crippen LogP contribution in [0.5, 0.6) is 0 Å². The van der Waals surface area contributed by atoms with Crippen molar-refractivity contribution in [2.24, 2.45) is 0 Å². The molecule has 3 aromatic carbocycles. The number of ether oxygens (including phenoxy) is 1. The summed E-state index contributed by atoms with van der Waals surface area (Å²) in [6.07, 6.45) is 3.57. The lowest BCUT2D eigenvalue weighted by Crippen LogP contribution is -2.72. The second-order valence-electron chi connectivity index (χ2n) is 8.31. The summed E-state index contributed by atoms with van der Waals surface area (Å²) >= 11 is 0. The van der Waals surface area contributed by atoms with Crippen LogP contribution >= 0.6 is 0 Å². The summed E-state index contributed by atoms with van der Waals surface area (Å²) in [7, 11) is 1.26. The van der Waals surface area contributed by atoms with Crippen LogP contribution in [0.1, 0.15) is 37.9 Å². The lowest BCUT2D eigenvalue weighted by Gasteiger charge is -2.51. The molecule has 2 aliphatic heterocycles. The average molecular weight is 466 g/mol. The number of esters is 1. The van der Waals surface area contributed by atoms with Crippen molar-refractivity contribution in [3.63, 3.8) is 0 Å². The second-order valence-corrected chi connectivity index (χ2v) is 8.31. The Bertz CT molecular complexity index is 1300. The maximum absolute atomic E-state index is 13.6. The van der Waals surface area contributed by atoms with Crippen molar-refractivity contribution in [1.82, 2.24) is 9.80 Å². The van der Waals surface area contributed by atoms with Gasteiger partial charge in [-0.05, 0) is 23.3 Å². The fraction of sp³-hybridized carbons (Fsp3) is 0.143. The van der Waals surface area contributed by atoms with Gasteiger partial charge in [-0.25, -0.2) is 4.79 Å². The summed E-state index contributed by atoms with van der Waals surface area (Å²) in [6, 6.07) is 22.0. The van der Waals surface area contributed by atoms with E-state index in [1.165, 1.54) is 12.0 Å². The summed E-state index contributed by atoms with van der Waals surface area (Å²) in [5.74, 6) is -2.14. The van der Waals surface area contributed by atoms with E-state index in [0.717, 1.165) is 10.5 Å².